The lowest BCUT2D eigenvalue weighted by molar-refractivity contribution is -0.117. The number of carbonyl (C=O) groups excluding carboxylic acids is 1. The van der Waals surface area contributed by atoms with Gasteiger partial charge in [0.2, 0.25) is 5.91 Å². The van der Waals surface area contributed by atoms with Gasteiger partial charge >= 0.3 is 0 Å². The molecule has 2 aromatic rings. The fourth-order valence-corrected chi connectivity index (χ4v) is 2.18. The second kappa shape index (κ2) is 4.74. The van der Waals surface area contributed by atoms with Crippen molar-refractivity contribution in [3.05, 3.63) is 36.7 Å². The average molecular weight is 241 g/mol. The van der Waals surface area contributed by atoms with E-state index < -0.39 is 0 Å². The van der Waals surface area contributed by atoms with Crippen LogP contribution in [-0.2, 0) is 4.79 Å². The minimum atomic E-state index is 0.0813. The lowest BCUT2D eigenvalue weighted by atomic mass is 9.99. The van der Waals surface area contributed by atoms with Crippen molar-refractivity contribution >= 4 is 22.4 Å². The highest BCUT2D eigenvalue weighted by atomic mass is 16.1. The number of benzene rings is 1. The molecule has 1 aromatic heterocycles. The van der Waals surface area contributed by atoms with E-state index in [0.29, 0.717) is 12.3 Å². The maximum Gasteiger partial charge on any atom is 0.224 e. The molecule has 0 radical (unpaired) electrons. The summed E-state index contributed by atoms with van der Waals surface area (Å²) in [4.78, 5) is 16.0. The molecular formula is C14H15N3O. The number of nitrogens with one attached hydrogen (secondary N) is 2. The van der Waals surface area contributed by atoms with Gasteiger partial charge in [-0.15, -0.1) is 0 Å². The molecule has 0 unspecified atom stereocenters. The summed E-state index contributed by atoms with van der Waals surface area (Å²) in [5.41, 5.74) is 0.845. The van der Waals surface area contributed by atoms with E-state index in [0.717, 1.165) is 29.5 Å². The van der Waals surface area contributed by atoms with Gasteiger partial charge in [-0.1, -0.05) is 12.1 Å². The molecule has 1 aliphatic rings. The number of anilines is 1. The van der Waals surface area contributed by atoms with Crippen molar-refractivity contribution < 1.29 is 4.79 Å². The van der Waals surface area contributed by atoms with E-state index in [1.165, 1.54) is 0 Å². The standard InChI is InChI=1S/C14H15N3O/c18-14(6-10-7-16-8-10)17-13-3-1-2-11-4-5-15-9-12(11)13/h1-5,9-10,16H,6-8H2,(H,17,18). The summed E-state index contributed by atoms with van der Waals surface area (Å²) in [7, 11) is 0. The molecule has 4 nitrogen and oxygen atoms in total. The Hall–Kier alpha value is -1.94. The third-order valence-corrected chi connectivity index (χ3v) is 3.30. The minimum Gasteiger partial charge on any atom is -0.325 e. The van der Waals surface area contributed by atoms with Crippen LogP contribution in [0, 0.1) is 5.92 Å². The topological polar surface area (TPSA) is 54.0 Å². The van der Waals surface area contributed by atoms with E-state index in [4.69, 9.17) is 0 Å². The summed E-state index contributed by atoms with van der Waals surface area (Å²) in [5, 5.41) is 8.22. The first-order valence-corrected chi connectivity index (χ1v) is 6.16. The number of hydrogen-bond acceptors (Lipinski definition) is 3. The third kappa shape index (κ3) is 2.19. The fraction of sp³-hybridized carbons (Fsp3) is 0.286. The smallest absolute Gasteiger partial charge is 0.224 e. The molecule has 0 aliphatic carbocycles. The van der Waals surface area contributed by atoms with E-state index in [1.54, 1.807) is 12.4 Å². The molecule has 92 valence electrons. The second-order valence-corrected chi connectivity index (χ2v) is 4.68. The number of amides is 1. The highest BCUT2D eigenvalue weighted by Gasteiger charge is 2.20. The van der Waals surface area contributed by atoms with E-state index in [9.17, 15) is 4.79 Å². The highest BCUT2D eigenvalue weighted by Crippen LogP contribution is 2.22. The molecule has 1 aliphatic heterocycles. The van der Waals surface area contributed by atoms with Gasteiger partial charge in [0, 0.05) is 24.2 Å². The summed E-state index contributed by atoms with van der Waals surface area (Å²) < 4.78 is 0. The summed E-state index contributed by atoms with van der Waals surface area (Å²) in [6.45, 7) is 1.90. The first-order valence-electron chi connectivity index (χ1n) is 6.16. The Morgan fingerprint density at radius 1 is 1.39 bits per heavy atom. The molecule has 18 heavy (non-hydrogen) atoms. The monoisotopic (exact) mass is 241 g/mol. The van der Waals surface area contributed by atoms with Gasteiger partial charge in [-0.2, -0.15) is 0 Å². The molecule has 4 heteroatoms. The van der Waals surface area contributed by atoms with Crippen LogP contribution in [0.4, 0.5) is 5.69 Å². The summed E-state index contributed by atoms with van der Waals surface area (Å²) in [6.07, 6.45) is 4.13. The molecule has 1 saturated heterocycles. The van der Waals surface area contributed by atoms with Crippen molar-refractivity contribution in [3.63, 3.8) is 0 Å². The number of carbonyl (C=O) groups is 1. The van der Waals surface area contributed by atoms with E-state index in [1.807, 2.05) is 24.3 Å². The van der Waals surface area contributed by atoms with E-state index in [2.05, 4.69) is 15.6 Å². The molecule has 0 spiro atoms. The zero-order valence-electron chi connectivity index (χ0n) is 10.0. The number of aromatic nitrogens is 1. The Morgan fingerprint density at radius 3 is 3.06 bits per heavy atom. The van der Waals surface area contributed by atoms with Crippen molar-refractivity contribution in [2.45, 2.75) is 6.42 Å². The van der Waals surface area contributed by atoms with Crippen LogP contribution in [0.5, 0.6) is 0 Å². The van der Waals surface area contributed by atoms with Gasteiger partial charge in [-0.3, -0.25) is 9.78 Å². The zero-order valence-corrected chi connectivity index (χ0v) is 10.0. The van der Waals surface area contributed by atoms with Crippen molar-refractivity contribution in [2.75, 3.05) is 18.4 Å². The number of hydrogen-bond donors (Lipinski definition) is 2. The molecule has 2 N–H and O–H groups in total. The second-order valence-electron chi connectivity index (χ2n) is 4.68. The van der Waals surface area contributed by atoms with Gasteiger partial charge in [0.15, 0.2) is 0 Å². The molecule has 3 rings (SSSR count). The Balaban J connectivity index is 1.79. The highest BCUT2D eigenvalue weighted by molar-refractivity contribution is 6.01. The average Bonchev–Trinajstić information content (AvgIpc) is 2.34. The Morgan fingerprint density at radius 2 is 2.28 bits per heavy atom. The fourth-order valence-electron chi connectivity index (χ4n) is 2.18. The quantitative estimate of drug-likeness (QED) is 0.861. The number of rotatable bonds is 3. The normalized spacial score (nSPS) is 15.3. The van der Waals surface area contributed by atoms with Crippen LogP contribution in [0.3, 0.4) is 0 Å². The van der Waals surface area contributed by atoms with Gasteiger partial charge in [-0.25, -0.2) is 0 Å². The molecule has 1 fully saturated rings. The van der Waals surface area contributed by atoms with Gasteiger partial charge in [0.25, 0.3) is 0 Å². The maximum absolute atomic E-state index is 11.9. The summed E-state index contributed by atoms with van der Waals surface area (Å²) in [5.74, 6) is 0.566. The van der Waals surface area contributed by atoms with Crippen LogP contribution >= 0.6 is 0 Å². The Labute approximate surface area is 105 Å². The van der Waals surface area contributed by atoms with Crippen LogP contribution in [0.2, 0.25) is 0 Å². The third-order valence-electron chi connectivity index (χ3n) is 3.30. The number of nitrogens with zero attached hydrogens (tertiary/aromatic N) is 1. The first kappa shape index (κ1) is 11.2. The zero-order chi connectivity index (χ0) is 12.4. The molecular weight excluding hydrogens is 226 g/mol. The van der Waals surface area contributed by atoms with E-state index >= 15 is 0 Å². The minimum absolute atomic E-state index is 0.0813. The van der Waals surface area contributed by atoms with Crippen LogP contribution in [0.25, 0.3) is 10.8 Å². The van der Waals surface area contributed by atoms with Crippen LogP contribution in [0.15, 0.2) is 36.7 Å². The number of fused-ring (bicyclic) bond motifs is 1. The van der Waals surface area contributed by atoms with Crippen molar-refractivity contribution in [2.24, 2.45) is 5.92 Å². The lowest BCUT2D eigenvalue weighted by Crippen LogP contribution is -2.43. The molecule has 2 heterocycles. The van der Waals surface area contributed by atoms with Crippen molar-refractivity contribution in [3.8, 4) is 0 Å². The predicted octanol–water partition coefficient (Wildman–Crippen LogP) is 1.78. The summed E-state index contributed by atoms with van der Waals surface area (Å²) >= 11 is 0. The van der Waals surface area contributed by atoms with Crippen LogP contribution in [0.1, 0.15) is 6.42 Å². The molecule has 0 saturated carbocycles. The lowest BCUT2D eigenvalue weighted by Gasteiger charge is -2.26. The number of pyridine rings is 1. The Bertz CT molecular complexity index is 573. The van der Waals surface area contributed by atoms with Crippen LogP contribution < -0.4 is 10.6 Å². The molecule has 0 atom stereocenters. The van der Waals surface area contributed by atoms with Crippen molar-refractivity contribution in [1.82, 2.24) is 10.3 Å². The van der Waals surface area contributed by atoms with Crippen LogP contribution in [-0.4, -0.2) is 24.0 Å². The Kier molecular flexibility index (Phi) is 2.94. The predicted molar refractivity (Wildman–Crippen MR) is 71.3 cm³/mol. The molecule has 0 bridgehead atoms. The van der Waals surface area contributed by atoms with Gasteiger partial charge in [0.1, 0.15) is 0 Å². The van der Waals surface area contributed by atoms with Gasteiger partial charge < -0.3 is 10.6 Å². The molecule has 1 amide bonds. The van der Waals surface area contributed by atoms with Gasteiger partial charge in [0.05, 0.1) is 5.69 Å². The van der Waals surface area contributed by atoms with E-state index in [-0.39, 0.29) is 5.91 Å². The SMILES string of the molecule is O=C(CC1CNC1)Nc1cccc2ccncc12. The maximum atomic E-state index is 11.9. The van der Waals surface area contributed by atoms with Crippen molar-refractivity contribution in [1.29, 1.82) is 0 Å². The first-order chi connectivity index (χ1) is 8.83. The van der Waals surface area contributed by atoms with Gasteiger partial charge in [-0.05, 0) is 36.5 Å². The molecule has 1 aromatic carbocycles. The summed E-state index contributed by atoms with van der Waals surface area (Å²) in [6, 6.07) is 7.83. The largest absolute Gasteiger partial charge is 0.325 e.